The third kappa shape index (κ3) is 2.79. The van der Waals surface area contributed by atoms with Crippen LogP contribution in [0.2, 0.25) is 0 Å². The molecule has 1 aromatic rings. The summed E-state index contributed by atoms with van der Waals surface area (Å²) < 4.78 is 0.766. The molecule has 0 aromatic carbocycles. The van der Waals surface area contributed by atoms with Crippen molar-refractivity contribution < 1.29 is 14.4 Å². The molecule has 1 amide bonds. The Hall–Kier alpha value is -1.82. The van der Waals surface area contributed by atoms with Gasteiger partial charge in [0.1, 0.15) is 16.2 Å². The van der Waals surface area contributed by atoms with E-state index in [1.165, 1.54) is 0 Å². The van der Waals surface area contributed by atoms with E-state index in [1.54, 1.807) is 6.20 Å². The summed E-state index contributed by atoms with van der Waals surface area (Å²) in [6, 6.07) is 3.86. The van der Waals surface area contributed by atoms with Crippen LogP contribution in [0.1, 0.15) is 57.9 Å². The summed E-state index contributed by atoms with van der Waals surface area (Å²) in [6.07, 6.45) is 7.79. The zero-order valence-corrected chi connectivity index (χ0v) is 19.1. The van der Waals surface area contributed by atoms with Crippen molar-refractivity contribution >= 4 is 33.4 Å². The number of halogens is 1. The van der Waals surface area contributed by atoms with Crippen molar-refractivity contribution in [2.75, 3.05) is 0 Å². The molecule has 30 heavy (non-hydrogen) atoms. The molecule has 2 saturated carbocycles. The summed E-state index contributed by atoms with van der Waals surface area (Å²) in [5, 5.41) is 0. The molecule has 0 bridgehead atoms. The molecule has 5 nitrogen and oxygen atoms in total. The lowest BCUT2D eigenvalue weighted by Gasteiger charge is -2.56. The van der Waals surface area contributed by atoms with Crippen LogP contribution in [0.3, 0.4) is 0 Å². The molecule has 3 aliphatic carbocycles. The second kappa shape index (κ2) is 6.84. The Morgan fingerprint density at radius 1 is 1.17 bits per heavy atom. The molecule has 4 aliphatic rings. The lowest BCUT2D eigenvalue weighted by Crippen LogP contribution is -2.57. The Labute approximate surface area is 185 Å². The Morgan fingerprint density at radius 2 is 1.97 bits per heavy atom. The third-order valence-corrected chi connectivity index (χ3v) is 8.87. The van der Waals surface area contributed by atoms with Crippen LogP contribution in [0, 0.1) is 28.6 Å². The smallest absolute Gasteiger partial charge is 0.227 e. The van der Waals surface area contributed by atoms with Crippen LogP contribution in [0.15, 0.2) is 34.7 Å². The molecule has 1 saturated heterocycles. The maximum absolute atomic E-state index is 13.5. The van der Waals surface area contributed by atoms with Crippen molar-refractivity contribution in [2.45, 2.75) is 58.9 Å². The molecule has 1 aliphatic heterocycles. The average molecular weight is 471 g/mol. The molecule has 0 N–H and O–H groups in total. The normalized spacial score (nSPS) is 38.1. The molecule has 2 heterocycles. The van der Waals surface area contributed by atoms with Gasteiger partial charge in [0, 0.05) is 47.9 Å². The molecule has 5 atom stereocenters. The number of fused-ring (bicyclic) bond motifs is 5. The summed E-state index contributed by atoms with van der Waals surface area (Å²) in [5.41, 5.74) is 1.16. The monoisotopic (exact) mass is 470 g/mol. The molecule has 0 spiro atoms. The lowest BCUT2D eigenvalue weighted by molar-refractivity contribution is -0.152. The van der Waals surface area contributed by atoms with Gasteiger partial charge < -0.3 is 4.90 Å². The van der Waals surface area contributed by atoms with Crippen molar-refractivity contribution in [3.05, 3.63) is 40.3 Å². The van der Waals surface area contributed by atoms with Crippen LogP contribution in [0.4, 0.5) is 0 Å². The first-order chi connectivity index (χ1) is 14.2. The Bertz CT molecular complexity index is 971. The number of Topliss-reactive ketones (excluding diaryl/α,β-unsaturated/α-hetero) is 2. The highest BCUT2D eigenvalue weighted by molar-refractivity contribution is 9.10. The summed E-state index contributed by atoms with van der Waals surface area (Å²) in [6.45, 7) is 4.66. The van der Waals surface area contributed by atoms with Crippen LogP contribution in [-0.2, 0) is 20.9 Å². The van der Waals surface area contributed by atoms with Crippen LogP contribution < -0.4 is 0 Å². The second-order valence-electron chi connectivity index (χ2n) is 9.98. The zero-order chi connectivity index (χ0) is 21.3. The Morgan fingerprint density at radius 3 is 2.70 bits per heavy atom. The van der Waals surface area contributed by atoms with Crippen molar-refractivity contribution in [3.8, 4) is 0 Å². The first-order valence-electron chi connectivity index (χ1n) is 10.9. The quantitative estimate of drug-likeness (QED) is 0.598. The van der Waals surface area contributed by atoms with Gasteiger partial charge in [-0.3, -0.25) is 14.4 Å². The number of carbonyl (C=O) groups is 3. The van der Waals surface area contributed by atoms with E-state index in [1.807, 2.05) is 24.0 Å². The van der Waals surface area contributed by atoms with E-state index < -0.39 is 5.41 Å². The predicted molar refractivity (Wildman–Crippen MR) is 115 cm³/mol. The lowest BCUT2D eigenvalue weighted by atomic mass is 9.49. The molecule has 2 unspecified atom stereocenters. The number of aromatic nitrogens is 1. The van der Waals surface area contributed by atoms with Crippen molar-refractivity contribution in [3.63, 3.8) is 0 Å². The molecular formula is C24H27BrN2O3. The van der Waals surface area contributed by atoms with Gasteiger partial charge in [0.15, 0.2) is 0 Å². The average Bonchev–Trinajstić information content (AvgIpc) is 3.00. The van der Waals surface area contributed by atoms with E-state index in [-0.39, 0.29) is 40.6 Å². The number of piperidine rings is 1. The number of ketones is 2. The number of hydrogen-bond donors (Lipinski definition) is 0. The fourth-order valence-corrected chi connectivity index (χ4v) is 7.15. The predicted octanol–water partition coefficient (Wildman–Crippen LogP) is 4.45. The molecule has 3 fully saturated rings. The third-order valence-electron chi connectivity index (χ3n) is 8.41. The number of pyridine rings is 1. The summed E-state index contributed by atoms with van der Waals surface area (Å²) >= 11 is 3.36. The van der Waals surface area contributed by atoms with Gasteiger partial charge in [-0.2, -0.15) is 0 Å². The minimum atomic E-state index is -0.479. The number of likely N-dealkylation sites (tertiary alicyclic amines) is 1. The number of amides is 1. The van der Waals surface area contributed by atoms with E-state index in [0.717, 1.165) is 28.7 Å². The number of rotatable bonds is 2. The van der Waals surface area contributed by atoms with E-state index >= 15 is 0 Å². The van der Waals surface area contributed by atoms with Crippen LogP contribution in [-0.4, -0.2) is 27.4 Å². The van der Waals surface area contributed by atoms with E-state index in [2.05, 4.69) is 33.9 Å². The van der Waals surface area contributed by atoms with Crippen LogP contribution in [0.25, 0.3) is 0 Å². The summed E-state index contributed by atoms with van der Waals surface area (Å²) in [5.74, 6) is 0.999. The molecule has 6 heteroatoms. The molecule has 0 radical (unpaired) electrons. The fraction of sp³-hybridized carbons (Fsp3) is 0.583. The first-order valence-corrected chi connectivity index (χ1v) is 11.7. The minimum absolute atomic E-state index is 0.0971. The molecule has 158 valence electrons. The topological polar surface area (TPSA) is 67.3 Å². The largest absolute Gasteiger partial charge is 0.311 e. The van der Waals surface area contributed by atoms with Crippen molar-refractivity contribution in [1.82, 2.24) is 9.88 Å². The number of carbonyl (C=O) groups excluding carboxylic acids is 3. The number of nitrogens with zero attached hydrogens (tertiary/aromatic N) is 2. The Kier molecular flexibility index (Phi) is 4.58. The van der Waals surface area contributed by atoms with Gasteiger partial charge >= 0.3 is 0 Å². The van der Waals surface area contributed by atoms with E-state index in [0.29, 0.717) is 32.2 Å². The van der Waals surface area contributed by atoms with Gasteiger partial charge in [-0.15, -0.1) is 0 Å². The van der Waals surface area contributed by atoms with E-state index in [4.69, 9.17) is 0 Å². The first kappa shape index (κ1) is 20.1. The minimum Gasteiger partial charge on any atom is -0.311 e. The summed E-state index contributed by atoms with van der Waals surface area (Å²) in [7, 11) is 0. The van der Waals surface area contributed by atoms with Gasteiger partial charge in [-0.1, -0.05) is 26.0 Å². The van der Waals surface area contributed by atoms with Gasteiger partial charge in [0.25, 0.3) is 0 Å². The number of allylic oxidation sites excluding steroid dienone is 2. The van der Waals surface area contributed by atoms with E-state index in [9.17, 15) is 14.4 Å². The van der Waals surface area contributed by atoms with Gasteiger partial charge in [0.05, 0.1) is 6.54 Å². The second-order valence-corrected chi connectivity index (χ2v) is 10.8. The van der Waals surface area contributed by atoms with Gasteiger partial charge in [-0.05, 0) is 58.7 Å². The SMILES string of the molecule is CC12CC(=O)[C@H]3[C@@H](CC=C4N(Cc5ccc(Br)nc5)C(=O)CCC43C)[C@@H]1CCC2=O. The van der Waals surface area contributed by atoms with Crippen LogP contribution >= 0.6 is 15.9 Å². The highest BCUT2D eigenvalue weighted by Crippen LogP contribution is 2.62. The highest BCUT2D eigenvalue weighted by Gasteiger charge is 2.62. The summed E-state index contributed by atoms with van der Waals surface area (Å²) in [4.78, 5) is 45.2. The van der Waals surface area contributed by atoms with Crippen molar-refractivity contribution in [2.24, 2.45) is 28.6 Å². The Balaban J connectivity index is 1.52. The molecule has 1 aromatic heterocycles. The molecule has 5 rings (SSSR count). The molecular weight excluding hydrogens is 444 g/mol. The highest BCUT2D eigenvalue weighted by atomic mass is 79.9. The number of hydrogen-bond acceptors (Lipinski definition) is 4. The standard InChI is InChI=1S/C24H27BrN2O3/c1-23-10-9-21(30)27(13-14-3-8-20(25)26-12-14)18(23)6-4-15-16-5-7-19(29)24(16,2)11-17(28)22(15)23/h3,6,8,12,15-16,22H,4-5,7,9-11,13H2,1-2H3/t15-,16-,22+,23?,24?/m0/s1. The van der Waals surface area contributed by atoms with Gasteiger partial charge in [-0.25, -0.2) is 4.98 Å². The maximum atomic E-state index is 13.5. The zero-order valence-electron chi connectivity index (χ0n) is 17.5. The van der Waals surface area contributed by atoms with Crippen molar-refractivity contribution in [1.29, 1.82) is 0 Å². The van der Waals surface area contributed by atoms with Gasteiger partial charge in [0.2, 0.25) is 5.91 Å². The van der Waals surface area contributed by atoms with Crippen LogP contribution in [0.5, 0.6) is 0 Å². The fourth-order valence-electron chi connectivity index (χ4n) is 6.92. The maximum Gasteiger partial charge on any atom is 0.227 e.